The monoisotopic (exact) mass is 311 g/mol. The normalized spacial score (nSPS) is 19.6. The second kappa shape index (κ2) is 6.07. The molecule has 1 aromatic rings. The highest BCUT2D eigenvalue weighted by Gasteiger charge is 2.35. The van der Waals surface area contributed by atoms with Crippen LogP contribution in [0.4, 0.5) is 0 Å². The Bertz CT molecular complexity index is 602. The molecule has 1 aromatic carbocycles. The van der Waals surface area contributed by atoms with E-state index in [0.29, 0.717) is 29.1 Å². The van der Waals surface area contributed by atoms with E-state index in [1.807, 2.05) is 0 Å². The average molecular weight is 311 g/mol. The highest BCUT2D eigenvalue weighted by atomic mass is 32.2. The summed E-state index contributed by atoms with van der Waals surface area (Å²) in [5, 5.41) is 9.31. The summed E-state index contributed by atoms with van der Waals surface area (Å²) in [5.74, 6) is 0. The average Bonchev–Trinajstić information content (AvgIpc) is 2.48. The topological polar surface area (TPSA) is 57.6 Å². The van der Waals surface area contributed by atoms with Crippen LogP contribution in [0.15, 0.2) is 23.1 Å². The molecule has 1 fully saturated rings. The van der Waals surface area contributed by atoms with E-state index in [1.165, 1.54) is 0 Å². The van der Waals surface area contributed by atoms with E-state index in [4.69, 9.17) is 0 Å². The Morgan fingerprint density at radius 1 is 1.29 bits per heavy atom. The molecule has 1 aliphatic rings. The summed E-state index contributed by atoms with van der Waals surface area (Å²) >= 11 is 0. The van der Waals surface area contributed by atoms with Crippen LogP contribution in [0.3, 0.4) is 0 Å². The minimum atomic E-state index is -3.46. The van der Waals surface area contributed by atoms with E-state index in [-0.39, 0.29) is 12.0 Å². The van der Waals surface area contributed by atoms with Gasteiger partial charge in [-0.1, -0.05) is 32.4 Å². The number of sulfonamides is 1. The van der Waals surface area contributed by atoms with Crippen LogP contribution in [0, 0.1) is 12.3 Å². The molecule has 1 heterocycles. The van der Waals surface area contributed by atoms with Crippen molar-refractivity contribution in [2.45, 2.75) is 51.5 Å². The maximum atomic E-state index is 12.8. The predicted octanol–water partition coefficient (Wildman–Crippen LogP) is 2.69. The summed E-state index contributed by atoms with van der Waals surface area (Å²) in [5.41, 5.74) is 1.59. The molecule has 118 valence electrons. The van der Waals surface area contributed by atoms with Gasteiger partial charge in [-0.15, -0.1) is 0 Å². The Hall–Kier alpha value is -0.910. The first kappa shape index (κ1) is 16.5. The van der Waals surface area contributed by atoms with Crippen molar-refractivity contribution in [3.63, 3.8) is 0 Å². The third-order valence-electron chi connectivity index (χ3n) is 4.97. The van der Waals surface area contributed by atoms with Gasteiger partial charge in [0, 0.05) is 13.1 Å². The van der Waals surface area contributed by atoms with E-state index < -0.39 is 10.0 Å². The van der Waals surface area contributed by atoms with Crippen LogP contribution in [-0.4, -0.2) is 30.9 Å². The second-order valence-corrected chi connectivity index (χ2v) is 8.17. The molecule has 1 N–H and O–H groups in total. The van der Waals surface area contributed by atoms with Crippen LogP contribution in [0.2, 0.25) is 0 Å². The van der Waals surface area contributed by atoms with E-state index in [2.05, 4.69) is 13.8 Å². The minimum absolute atomic E-state index is 0.136. The van der Waals surface area contributed by atoms with Crippen LogP contribution in [0.25, 0.3) is 0 Å². The molecule has 1 aliphatic heterocycles. The lowest BCUT2D eigenvalue weighted by molar-refractivity contribution is 0.169. The lowest BCUT2D eigenvalue weighted by atomic mass is 9.79. The van der Waals surface area contributed by atoms with Crippen LogP contribution >= 0.6 is 0 Å². The van der Waals surface area contributed by atoms with Crippen molar-refractivity contribution in [3.8, 4) is 0 Å². The fourth-order valence-electron chi connectivity index (χ4n) is 2.87. The Labute approximate surface area is 127 Å². The molecule has 0 bridgehead atoms. The zero-order valence-electron chi connectivity index (χ0n) is 13.1. The fraction of sp³-hybridized carbons (Fsp3) is 0.625. The zero-order valence-corrected chi connectivity index (χ0v) is 13.9. The van der Waals surface area contributed by atoms with Crippen molar-refractivity contribution in [2.75, 3.05) is 13.1 Å². The maximum Gasteiger partial charge on any atom is 0.243 e. The molecule has 0 unspecified atom stereocenters. The van der Waals surface area contributed by atoms with Gasteiger partial charge in [0.05, 0.1) is 11.5 Å². The van der Waals surface area contributed by atoms with Gasteiger partial charge in [0.1, 0.15) is 0 Å². The van der Waals surface area contributed by atoms with Gasteiger partial charge in [-0.3, -0.25) is 0 Å². The SMILES string of the molecule is CCC1(C)CCN(S(=O)(=O)c2cccc(CO)c2C)CC1. The Kier molecular flexibility index (Phi) is 4.76. The first-order valence-corrected chi connectivity index (χ1v) is 8.97. The molecule has 0 atom stereocenters. The summed E-state index contributed by atoms with van der Waals surface area (Å²) in [6.45, 7) is 7.18. The molecule has 21 heavy (non-hydrogen) atoms. The number of hydrogen-bond donors (Lipinski definition) is 1. The van der Waals surface area contributed by atoms with Gasteiger partial charge >= 0.3 is 0 Å². The van der Waals surface area contributed by atoms with Gasteiger partial charge in [-0.2, -0.15) is 4.31 Å². The molecule has 0 aromatic heterocycles. The van der Waals surface area contributed by atoms with Crippen molar-refractivity contribution in [1.29, 1.82) is 0 Å². The summed E-state index contributed by atoms with van der Waals surface area (Å²) in [4.78, 5) is 0.328. The lowest BCUT2D eigenvalue weighted by Crippen LogP contribution is -2.42. The van der Waals surface area contributed by atoms with Crippen LogP contribution in [0.5, 0.6) is 0 Å². The van der Waals surface area contributed by atoms with Gasteiger partial charge in [-0.05, 0) is 42.4 Å². The number of hydrogen-bond acceptors (Lipinski definition) is 3. The van der Waals surface area contributed by atoms with Crippen molar-refractivity contribution < 1.29 is 13.5 Å². The molecule has 1 saturated heterocycles. The van der Waals surface area contributed by atoms with Gasteiger partial charge in [0.15, 0.2) is 0 Å². The number of benzene rings is 1. The molecule has 0 amide bonds. The number of aliphatic hydroxyl groups excluding tert-OH is 1. The fourth-order valence-corrected chi connectivity index (χ4v) is 4.58. The molecule has 0 radical (unpaired) electrons. The highest BCUT2D eigenvalue weighted by molar-refractivity contribution is 7.89. The molecular formula is C16H25NO3S. The van der Waals surface area contributed by atoms with Crippen molar-refractivity contribution >= 4 is 10.0 Å². The largest absolute Gasteiger partial charge is 0.392 e. The quantitative estimate of drug-likeness (QED) is 0.930. The molecule has 5 heteroatoms. The molecule has 4 nitrogen and oxygen atoms in total. The van der Waals surface area contributed by atoms with E-state index >= 15 is 0 Å². The highest BCUT2D eigenvalue weighted by Crippen LogP contribution is 2.36. The minimum Gasteiger partial charge on any atom is -0.392 e. The van der Waals surface area contributed by atoms with Gasteiger partial charge in [0.2, 0.25) is 10.0 Å². The number of piperidine rings is 1. The first-order valence-electron chi connectivity index (χ1n) is 7.53. The summed E-state index contributed by atoms with van der Waals surface area (Å²) in [6, 6.07) is 5.10. The zero-order chi connectivity index (χ0) is 15.7. The summed E-state index contributed by atoms with van der Waals surface area (Å²) < 4.78 is 27.2. The second-order valence-electron chi connectivity index (χ2n) is 6.27. The molecule has 0 saturated carbocycles. The van der Waals surface area contributed by atoms with Gasteiger partial charge in [-0.25, -0.2) is 8.42 Å². The smallest absolute Gasteiger partial charge is 0.243 e. The van der Waals surface area contributed by atoms with Crippen molar-refractivity contribution in [3.05, 3.63) is 29.3 Å². The van der Waals surface area contributed by atoms with E-state index in [0.717, 1.165) is 19.3 Å². The van der Waals surface area contributed by atoms with Crippen molar-refractivity contribution in [2.24, 2.45) is 5.41 Å². The predicted molar refractivity (Wildman–Crippen MR) is 83.5 cm³/mol. The Balaban J connectivity index is 2.28. The van der Waals surface area contributed by atoms with E-state index in [1.54, 1.807) is 29.4 Å². The van der Waals surface area contributed by atoms with E-state index in [9.17, 15) is 13.5 Å². The number of nitrogens with zero attached hydrogens (tertiary/aromatic N) is 1. The molecular weight excluding hydrogens is 286 g/mol. The third kappa shape index (κ3) is 3.15. The molecule has 0 spiro atoms. The third-order valence-corrected chi connectivity index (χ3v) is 7.01. The molecule has 0 aliphatic carbocycles. The Morgan fingerprint density at radius 2 is 1.90 bits per heavy atom. The summed E-state index contributed by atoms with van der Waals surface area (Å²) in [7, 11) is -3.46. The first-order chi connectivity index (χ1) is 9.84. The number of rotatable bonds is 4. The lowest BCUT2D eigenvalue weighted by Gasteiger charge is -2.38. The van der Waals surface area contributed by atoms with Crippen LogP contribution in [-0.2, 0) is 16.6 Å². The standard InChI is InChI=1S/C16H25NO3S/c1-4-16(3)8-10-17(11-9-16)21(19,20)15-7-5-6-14(12-18)13(15)2/h5-7,18H,4,8-12H2,1-3H3. The maximum absolute atomic E-state index is 12.8. The summed E-state index contributed by atoms with van der Waals surface area (Å²) in [6.07, 6.45) is 2.89. The van der Waals surface area contributed by atoms with Crippen molar-refractivity contribution in [1.82, 2.24) is 4.31 Å². The van der Waals surface area contributed by atoms with Gasteiger partial charge in [0.25, 0.3) is 0 Å². The van der Waals surface area contributed by atoms with Gasteiger partial charge < -0.3 is 5.11 Å². The van der Waals surface area contributed by atoms with Crippen LogP contribution in [0.1, 0.15) is 44.2 Å². The number of aliphatic hydroxyl groups is 1. The molecule has 2 rings (SSSR count). The van der Waals surface area contributed by atoms with Crippen LogP contribution < -0.4 is 0 Å². The Morgan fingerprint density at radius 3 is 2.43 bits per heavy atom.